The Morgan fingerprint density at radius 3 is 2.28 bits per heavy atom. The molecule has 8 nitrogen and oxygen atoms in total. The number of oxime groups is 1. The Hall–Kier alpha value is -4.33. The van der Waals surface area contributed by atoms with Crippen molar-refractivity contribution in [2.24, 2.45) is 16.6 Å². The van der Waals surface area contributed by atoms with E-state index in [4.69, 9.17) is 16.7 Å². The van der Waals surface area contributed by atoms with Gasteiger partial charge in [-0.2, -0.15) is 0 Å². The van der Waals surface area contributed by atoms with E-state index in [-0.39, 0.29) is 18.3 Å². The van der Waals surface area contributed by atoms with Gasteiger partial charge in [0.05, 0.1) is 0 Å². The fourth-order valence-corrected chi connectivity index (χ4v) is 3.16. The van der Waals surface area contributed by atoms with E-state index in [0.29, 0.717) is 23.2 Å². The first-order valence-electron chi connectivity index (χ1n) is 9.95. The van der Waals surface area contributed by atoms with Crippen LogP contribution in [-0.2, 0) is 13.1 Å². The first-order chi connectivity index (χ1) is 15.4. The summed E-state index contributed by atoms with van der Waals surface area (Å²) in [6.07, 6.45) is 0. The van der Waals surface area contributed by atoms with E-state index in [0.717, 1.165) is 22.4 Å². The summed E-state index contributed by atoms with van der Waals surface area (Å²) >= 11 is 0. The van der Waals surface area contributed by atoms with Gasteiger partial charge in [-0.25, -0.2) is 0 Å². The van der Waals surface area contributed by atoms with E-state index >= 15 is 0 Å². The maximum absolute atomic E-state index is 12.5. The van der Waals surface area contributed by atoms with Crippen LogP contribution in [0.25, 0.3) is 0 Å². The lowest BCUT2D eigenvalue weighted by Crippen LogP contribution is -2.23. The maximum atomic E-state index is 12.5. The third kappa shape index (κ3) is 5.63. The van der Waals surface area contributed by atoms with Gasteiger partial charge in [-0.1, -0.05) is 47.1 Å². The average Bonchev–Trinajstić information content (AvgIpc) is 2.81. The molecule has 0 fully saturated rings. The Morgan fingerprint density at radius 2 is 1.62 bits per heavy atom. The number of rotatable bonds is 8. The van der Waals surface area contributed by atoms with Crippen LogP contribution in [0.3, 0.4) is 0 Å². The van der Waals surface area contributed by atoms with Gasteiger partial charge in [0.2, 0.25) is 5.91 Å². The Bertz CT molecular complexity index is 1160. The van der Waals surface area contributed by atoms with Crippen LogP contribution in [0.5, 0.6) is 0 Å². The second-order valence-corrected chi connectivity index (χ2v) is 7.32. The summed E-state index contributed by atoms with van der Waals surface area (Å²) in [5, 5.41) is 18.3. The Labute approximate surface area is 185 Å². The molecule has 0 unspecified atom stereocenters. The van der Waals surface area contributed by atoms with Crippen LogP contribution < -0.4 is 22.1 Å². The van der Waals surface area contributed by atoms with Crippen LogP contribution >= 0.6 is 0 Å². The SMILES string of the molecule is Cc1cccc(C(=O)NCc2ccc(/C(N)=N/O)cc2NCc2ccc(C(N)=O)cc2)c1. The summed E-state index contributed by atoms with van der Waals surface area (Å²) in [6, 6.07) is 19.6. The molecule has 0 spiro atoms. The number of hydrogen-bond donors (Lipinski definition) is 5. The predicted molar refractivity (Wildman–Crippen MR) is 124 cm³/mol. The Kier molecular flexibility index (Phi) is 7.07. The first-order valence-corrected chi connectivity index (χ1v) is 9.95. The summed E-state index contributed by atoms with van der Waals surface area (Å²) in [6.45, 7) is 2.67. The molecule has 0 aliphatic carbocycles. The van der Waals surface area contributed by atoms with Crippen molar-refractivity contribution >= 4 is 23.3 Å². The molecule has 0 radical (unpaired) electrons. The van der Waals surface area contributed by atoms with Crippen molar-refractivity contribution in [3.05, 3.63) is 100 Å². The number of nitrogens with two attached hydrogens (primary N) is 2. The number of hydrogen-bond acceptors (Lipinski definition) is 5. The molecule has 3 aromatic rings. The third-order valence-corrected chi connectivity index (χ3v) is 4.95. The molecular weight excluding hydrogens is 406 g/mol. The minimum absolute atomic E-state index is 0.0193. The minimum Gasteiger partial charge on any atom is -0.409 e. The number of carbonyl (C=O) groups excluding carboxylic acids is 2. The number of primary amides is 1. The van der Waals surface area contributed by atoms with Gasteiger partial charge in [0.15, 0.2) is 5.84 Å². The van der Waals surface area contributed by atoms with E-state index in [1.807, 2.05) is 31.2 Å². The number of nitrogens with one attached hydrogen (secondary N) is 2. The fourth-order valence-electron chi connectivity index (χ4n) is 3.16. The molecule has 0 aromatic heterocycles. The van der Waals surface area contributed by atoms with Gasteiger partial charge in [0.25, 0.3) is 5.91 Å². The number of nitrogens with zero attached hydrogens (tertiary/aromatic N) is 1. The van der Waals surface area contributed by atoms with Crippen molar-refractivity contribution in [2.75, 3.05) is 5.32 Å². The second kappa shape index (κ2) is 10.1. The fraction of sp³-hybridized carbons (Fsp3) is 0.125. The average molecular weight is 431 g/mol. The van der Waals surface area contributed by atoms with Crippen LogP contribution in [0.1, 0.15) is 43.0 Å². The van der Waals surface area contributed by atoms with E-state index in [1.54, 1.807) is 42.5 Å². The van der Waals surface area contributed by atoms with Crippen LogP contribution in [0.15, 0.2) is 71.9 Å². The first kappa shape index (κ1) is 22.4. The molecule has 164 valence electrons. The lowest BCUT2D eigenvalue weighted by Gasteiger charge is -2.15. The number of amides is 2. The zero-order valence-corrected chi connectivity index (χ0v) is 17.6. The zero-order valence-electron chi connectivity index (χ0n) is 17.6. The maximum Gasteiger partial charge on any atom is 0.251 e. The van der Waals surface area contributed by atoms with Crippen molar-refractivity contribution in [2.45, 2.75) is 20.0 Å². The van der Waals surface area contributed by atoms with Gasteiger partial charge in [-0.3, -0.25) is 9.59 Å². The van der Waals surface area contributed by atoms with E-state index in [1.165, 1.54) is 0 Å². The summed E-state index contributed by atoms with van der Waals surface area (Å²) in [4.78, 5) is 23.8. The van der Waals surface area contributed by atoms with Gasteiger partial charge in [-0.05, 0) is 48.4 Å². The van der Waals surface area contributed by atoms with Gasteiger partial charge in [0, 0.05) is 35.5 Å². The summed E-state index contributed by atoms with van der Waals surface area (Å²) in [7, 11) is 0. The molecule has 0 saturated heterocycles. The molecule has 2 amide bonds. The standard InChI is InChI=1S/C24H25N5O3/c1-15-3-2-4-19(11-15)24(31)28-14-20-10-9-18(22(25)29-32)12-21(20)27-13-16-5-7-17(8-6-16)23(26)30/h2-12,27,32H,13-14H2,1H3,(H2,25,29)(H2,26,30)(H,28,31). The summed E-state index contributed by atoms with van der Waals surface area (Å²) in [5.74, 6) is -0.681. The topological polar surface area (TPSA) is 143 Å². The van der Waals surface area contributed by atoms with Crippen LogP contribution in [0.2, 0.25) is 0 Å². The van der Waals surface area contributed by atoms with Crippen molar-refractivity contribution in [1.29, 1.82) is 0 Å². The molecule has 0 atom stereocenters. The van der Waals surface area contributed by atoms with Gasteiger partial charge in [0.1, 0.15) is 0 Å². The molecule has 3 aromatic carbocycles. The number of carbonyl (C=O) groups is 2. The number of benzene rings is 3. The predicted octanol–water partition coefficient (Wildman–Crippen LogP) is 2.73. The normalized spacial score (nSPS) is 11.1. The number of amidine groups is 1. The highest BCUT2D eigenvalue weighted by atomic mass is 16.4. The monoisotopic (exact) mass is 431 g/mol. The molecule has 7 N–H and O–H groups in total. The smallest absolute Gasteiger partial charge is 0.251 e. The lowest BCUT2D eigenvalue weighted by atomic mass is 10.1. The van der Waals surface area contributed by atoms with Crippen molar-refractivity contribution in [3.8, 4) is 0 Å². The largest absolute Gasteiger partial charge is 0.409 e. The Morgan fingerprint density at radius 1 is 0.906 bits per heavy atom. The molecule has 8 heteroatoms. The highest BCUT2D eigenvalue weighted by Crippen LogP contribution is 2.20. The third-order valence-electron chi connectivity index (χ3n) is 4.95. The highest BCUT2D eigenvalue weighted by Gasteiger charge is 2.10. The molecule has 0 heterocycles. The van der Waals surface area contributed by atoms with Crippen molar-refractivity contribution in [1.82, 2.24) is 5.32 Å². The van der Waals surface area contributed by atoms with Gasteiger partial charge < -0.3 is 27.3 Å². The highest BCUT2D eigenvalue weighted by molar-refractivity contribution is 5.98. The molecule has 0 saturated carbocycles. The second-order valence-electron chi connectivity index (χ2n) is 7.32. The zero-order chi connectivity index (χ0) is 23.1. The van der Waals surface area contributed by atoms with Crippen LogP contribution in [0, 0.1) is 6.92 Å². The van der Waals surface area contributed by atoms with Crippen LogP contribution in [-0.4, -0.2) is 22.9 Å². The molecule has 0 aliphatic rings. The van der Waals surface area contributed by atoms with Crippen molar-refractivity contribution < 1.29 is 14.8 Å². The molecule has 0 aliphatic heterocycles. The summed E-state index contributed by atoms with van der Waals surface area (Å²) in [5.41, 5.74) is 16.1. The summed E-state index contributed by atoms with van der Waals surface area (Å²) < 4.78 is 0. The molecule has 3 rings (SSSR count). The van der Waals surface area contributed by atoms with E-state index in [2.05, 4.69) is 15.8 Å². The number of aryl methyl sites for hydroxylation is 1. The minimum atomic E-state index is -0.484. The number of anilines is 1. The molecule has 32 heavy (non-hydrogen) atoms. The van der Waals surface area contributed by atoms with Gasteiger partial charge in [-0.15, -0.1) is 0 Å². The van der Waals surface area contributed by atoms with Crippen molar-refractivity contribution in [3.63, 3.8) is 0 Å². The van der Waals surface area contributed by atoms with E-state index < -0.39 is 5.91 Å². The van der Waals surface area contributed by atoms with E-state index in [9.17, 15) is 9.59 Å². The Balaban J connectivity index is 1.77. The molecule has 0 bridgehead atoms. The quantitative estimate of drug-likeness (QED) is 0.161. The van der Waals surface area contributed by atoms with Crippen LogP contribution in [0.4, 0.5) is 5.69 Å². The van der Waals surface area contributed by atoms with Gasteiger partial charge >= 0.3 is 0 Å². The lowest BCUT2D eigenvalue weighted by molar-refractivity contribution is 0.0949. The molecular formula is C24H25N5O3.